The zero-order chi connectivity index (χ0) is 25.1. The van der Waals surface area contributed by atoms with E-state index in [0.717, 1.165) is 25.1 Å². The lowest BCUT2D eigenvalue weighted by Gasteiger charge is -2.05. The molecule has 0 saturated carbocycles. The molecule has 35 heavy (non-hydrogen) atoms. The number of benzene rings is 1. The van der Waals surface area contributed by atoms with E-state index in [4.69, 9.17) is 5.84 Å². The van der Waals surface area contributed by atoms with Crippen molar-refractivity contribution in [1.82, 2.24) is 14.9 Å². The molecule has 0 fully saturated rings. The Morgan fingerprint density at radius 3 is 2.20 bits per heavy atom. The number of anilines is 1. The normalized spacial score (nSPS) is 11.4. The van der Waals surface area contributed by atoms with Crippen LogP contribution in [0, 0.1) is 5.82 Å². The average molecular weight is 504 g/mol. The smallest absolute Gasteiger partial charge is 0.234 e. The monoisotopic (exact) mass is 503 g/mol. The van der Waals surface area contributed by atoms with Crippen LogP contribution in [-0.4, -0.2) is 26.5 Å². The first-order chi connectivity index (χ1) is 17.1. The minimum atomic E-state index is -0.340. The zero-order valence-electron chi connectivity index (χ0n) is 21.2. The van der Waals surface area contributed by atoms with Crippen molar-refractivity contribution in [2.75, 3.05) is 16.9 Å². The first-order valence-electron chi connectivity index (χ1n) is 13.1. The number of nitrogen functional groups attached to an aromatic ring is 1. The number of allylic oxidation sites excluding steroid dienone is 2. The highest BCUT2D eigenvalue weighted by Crippen LogP contribution is 2.17. The summed E-state index contributed by atoms with van der Waals surface area (Å²) < 4.78 is 14.4. The maximum Gasteiger partial charge on any atom is 0.234 e. The van der Waals surface area contributed by atoms with Gasteiger partial charge in [-0.05, 0) is 56.4 Å². The molecule has 0 aliphatic heterocycles. The third-order valence-electron chi connectivity index (χ3n) is 5.86. The number of carbonyl (C=O) groups is 1. The number of unbranched alkanes of at least 4 members (excludes halogenated alkanes) is 11. The number of carbonyl (C=O) groups excluding carboxylic acids is 1. The maximum atomic E-state index is 13.0. The molecule has 0 bridgehead atoms. The number of rotatable bonds is 19. The van der Waals surface area contributed by atoms with Crippen LogP contribution in [0.1, 0.15) is 96.2 Å². The molecule has 194 valence electrons. The van der Waals surface area contributed by atoms with Gasteiger partial charge < -0.3 is 11.2 Å². The van der Waals surface area contributed by atoms with Crippen LogP contribution < -0.4 is 11.2 Å². The van der Waals surface area contributed by atoms with Crippen LogP contribution >= 0.6 is 11.8 Å². The van der Waals surface area contributed by atoms with E-state index in [-0.39, 0.29) is 17.5 Å². The Kier molecular flexibility index (Phi) is 14.8. The Balaban J connectivity index is 1.49. The second kappa shape index (κ2) is 18.0. The highest BCUT2D eigenvalue weighted by Gasteiger charge is 2.12. The van der Waals surface area contributed by atoms with Crippen LogP contribution in [-0.2, 0) is 11.2 Å². The SMILES string of the molecule is CCCCCCCCC=CCCCCCCCc1nnc(SCC(=O)Nc2ccc(F)cc2)n1N. The van der Waals surface area contributed by atoms with Crippen LogP contribution in [0.4, 0.5) is 10.1 Å². The molecular weight excluding hydrogens is 461 g/mol. The van der Waals surface area contributed by atoms with E-state index in [1.54, 1.807) is 0 Å². The average Bonchev–Trinajstić information content (AvgIpc) is 3.21. The summed E-state index contributed by atoms with van der Waals surface area (Å²) in [7, 11) is 0. The van der Waals surface area contributed by atoms with Crippen molar-refractivity contribution in [3.05, 3.63) is 48.1 Å². The van der Waals surface area contributed by atoms with Crippen molar-refractivity contribution >= 4 is 23.4 Å². The molecule has 8 heteroatoms. The molecule has 6 nitrogen and oxygen atoms in total. The Labute approximate surface area is 214 Å². The Hall–Kier alpha value is -2.35. The lowest BCUT2D eigenvalue weighted by atomic mass is 10.1. The quantitative estimate of drug-likeness (QED) is 0.0928. The highest BCUT2D eigenvalue weighted by molar-refractivity contribution is 7.99. The van der Waals surface area contributed by atoms with Gasteiger partial charge >= 0.3 is 0 Å². The standard InChI is InChI=1S/C27H42FN5OS/c1-2-3-4-5-6-7-8-9-10-11-12-13-14-15-16-17-25-31-32-27(33(25)29)35-22-26(34)30-24-20-18-23(28)19-21-24/h9-10,18-21H,2-8,11-17,22,29H2,1H3,(H,30,34). The number of nitrogens with zero attached hydrogens (tertiary/aromatic N) is 3. The van der Waals surface area contributed by atoms with Crippen molar-refractivity contribution < 1.29 is 9.18 Å². The van der Waals surface area contributed by atoms with Gasteiger partial charge in [0.2, 0.25) is 11.1 Å². The molecule has 0 radical (unpaired) electrons. The van der Waals surface area contributed by atoms with Gasteiger partial charge in [-0.3, -0.25) is 4.79 Å². The number of halogens is 1. The maximum absolute atomic E-state index is 13.0. The molecule has 2 rings (SSSR count). The van der Waals surface area contributed by atoms with E-state index in [2.05, 4.69) is 34.6 Å². The van der Waals surface area contributed by atoms with Crippen molar-refractivity contribution in [3.63, 3.8) is 0 Å². The molecule has 0 atom stereocenters. The van der Waals surface area contributed by atoms with Crippen molar-refractivity contribution in [2.24, 2.45) is 0 Å². The molecule has 1 aromatic carbocycles. The fourth-order valence-electron chi connectivity index (χ4n) is 3.79. The Morgan fingerprint density at radius 2 is 1.54 bits per heavy atom. The molecule has 1 aromatic heterocycles. The molecular formula is C27H42FN5OS. The van der Waals surface area contributed by atoms with Gasteiger partial charge in [0.15, 0.2) is 5.82 Å². The summed E-state index contributed by atoms with van der Waals surface area (Å²) in [5, 5.41) is 11.5. The Bertz CT molecular complexity index is 869. The predicted molar refractivity (Wildman–Crippen MR) is 144 cm³/mol. The number of nitrogens with one attached hydrogen (secondary N) is 1. The summed E-state index contributed by atoms with van der Waals surface area (Å²) in [5.74, 6) is 6.46. The second-order valence-electron chi connectivity index (χ2n) is 8.95. The van der Waals surface area contributed by atoms with Gasteiger partial charge in [0.1, 0.15) is 5.82 Å². The summed E-state index contributed by atoms with van der Waals surface area (Å²) in [6.07, 6.45) is 22.0. The lowest BCUT2D eigenvalue weighted by molar-refractivity contribution is -0.113. The highest BCUT2D eigenvalue weighted by atomic mass is 32.2. The minimum absolute atomic E-state index is 0.153. The van der Waals surface area contributed by atoms with E-state index in [1.807, 2.05) is 0 Å². The number of nitrogens with two attached hydrogens (primary N) is 1. The summed E-state index contributed by atoms with van der Waals surface area (Å²) in [6, 6.07) is 5.66. The molecule has 0 saturated heterocycles. The van der Waals surface area contributed by atoms with Gasteiger partial charge in [0.25, 0.3) is 0 Å². The van der Waals surface area contributed by atoms with E-state index in [1.165, 1.54) is 111 Å². The van der Waals surface area contributed by atoms with Gasteiger partial charge in [-0.1, -0.05) is 82.2 Å². The molecule has 1 amide bonds. The van der Waals surface area contributed by atoms with Crippen molar-refractivity contribution in [3.8, 4) is 0 Å². The number of aromatic nitrogens is 3. The van der Waals surface area contributed by atoms with Gasteiger partial charge in [-0.2, -0.15) is 0 Å². The van der Waals surface area contributed by atoms with Crippen LogP contribution in [0.3, 0.4) is 0 Å². The number of aryl methyl sites for hydroxylation is 1. The minimum Gasteiger partial charge on any atom is -0.336 e. The summed E-state index contributed by atoms with van der Waals surface area (Å²) in [5.41, 5.74) is 0.552. The molecule has 0 unspecified atom stereocenters. The van der Waals surface area contributed by atoms with Crippen LogP contribution in [0.2, 0.25) is 0 Å². The number of amides is 1. The molecule has 1 heterocycles. The fraction of sp³-hybridized carbons (Fsp3) is 0.593. The fourth-order valence-corrected chi connectivity index (χ4v) is 4.47. The van der Waals surface area contributed by atoms with Gasteiger partial charge in [-0.25, -0.2) is 9.07 Å². The summed E-state index contributed by atoms with van der Waals surface area (Å²) in [6.45, 7) is 2.26. The van der Waals surface area contributed by atoms with Crippen LogP contribution in [0.25, 0.3) is 0 Å². The van der Waals surface area contributed by atoms with E-state index < -0.39 is 0 Å². The second-order valence-corrected chi connectivity index (χ2v) is 9.89. The van der Waals surface area contributed by atoms with E-state index in [9.17, 15) is 9.18 Å². The first-order valence-corrected chi connectivity index (χ1v) is 14.1. The molecule has 0 aliphatic carbocycles. The number of hydrogen-bond acceptors (Lipinski definition) is 5. The summed E-state index contributed by atoms with van der Waals surface area (Å²) in [4.78, 5) is 12.1. The molecule has 2 aromatic rings. The van der Waals surface area contributed by atoms with Gasteiger partial charge in [0.05, 0.1) is 5.75 Å². The van der Waals surface area contributed by atoms with E-state index in [0.29, 0.717) is 10.8 Å². The Morgan fingerprint density at radius 1 is 0.943 bits per heavy atom. The third-order valence-corrected chi connectivity index (χ3v) is 6.80. The topological polar surface area (TPSA) is 85.8 Å². The van der Waals surface area contributed by atoms with Gasteiger partial charge in [-0.15, -0.1) is 10.2 Å². The van der Waals surface area contributed by atoms with Gasteiger partial charge in [0, 0.05) is 12.1 Å². The predicted octanol–water partition coefficient (Wildman–Crippen LogP) is 7.05. The molecule has 3 N–H and O–H groups in total. The number of thioether (sulfide) groups is 1. The van der Waals surface area contributed by atoms with Crippen molar-refractivity contribution in [2.45, 2.75) is 102 Å². The first kappa shape index (κ1) is 28.9. The lowest BCUT2D eigenvalue weighted by Crippen LogP contribution is -2.17. The summed E-state index contributed by atoms with van der Waals surface area (Å²) >= 11 is 1.23. The zero-order valence-corrected chi connectivity index (χ0v) is 22.0. The number of hydrogen-bond donors (Lipinski definition) is 2. The molecule has 0 spiro atoms. The third kappa shape index (κ3) is 12.8. The van der Waals surface area contributed by atoms with E-state index >= 15 is 0 Å². The van der Waals surface area contributed by atoms with Crippen LogP contribution in [0.15, 0.2) is 41.6 Å². The molecule has 0 aliphatic rings. The van der Waals surface area contributed by atoms with Crippen molar-refractivity contribution in [1.29, 1.82) is 0 Å². The largest absolute Gasteiger partial charge is 0.336 e. The van der Waals surface area contributed by atoms with Crippen LogP contribution in [0.5, 0.6) is 0 Å².